The minimum absolute atomic E-state index is 0.700. The average Bonchev–Trinajstić information content (AvgIpc) is 2.45. The standard InChI is InChI=1S/C17H19N3/c1-20(2)13-16-7-4-8-17(10-16)19-12-15-6-3-5-14(9-15)11-18/h3-10,19H,12-13H2,1-2H3. The minimum atomic E-state index is 0.700. The van der Waals surface area contributed by atoms with Crippen molar-refractivity contribution in [1.82, 2.24) is 4.90 Å². The topological polar surface area (TPSA) is 39.1 Å². The van der Waals surface area contributed by atoms with Crippen LogP contribution in [0, 0.1) is 11.3 Å². The first-order valence-electron chi connectivity index (χ1n) is 6.64. The van der Waals surface area contributed by atoms with Gasteiger partial charge in [0.2, 0.25) is 0 Å². The summed E-state index contributed by atoms with van der Waals surface area (Å²) in [5.41, 5.74) is 4.20. The fourth-order valence-corrected chi connectivity index (χ4v) is 2.10. The van der Waals surface area contributed by atoms with Crippen molar-refractivity contribution in [1.29, 1.82) is 5.26 Å². The van der Waals surface area contributed by atoms with Crippen LogP contribution < -0.4 is 5.32 Å². The smallest absolute Gasteiger partial charge is 0.0991 e. The summed E-state index contributed by atoms with van der Waals surface area (Å²) in [7, 11) is 4.13. The third-order valence-electron chi connectivity index (χ3n) is 2.98. The largest absolute Gasteiger partial charge is 0.381 e. The number of nitriles is 1. The van der Waals surface area contributed by atoms with Gasteiger partial charge in [-0.05, 0) is 49.5 Å². The van der Waals surface area contributed by atoms with Crippen molar-refractivity contribution in [2.75, 3.05) is 19.4 Å². The van der Waals surface area contributed by atoms with Crippen LogP contribution in [0.4, 0.5) is 5.69 Å². The summed E-state index contributed by atoms with van der Waals surface area (Å²) in [6.07, 6.45) is 0. The van der Waals surface area contributed by atoms with E-state index in [4.69, 9.17) is 5.26 Å². The Morgan fingerprint density at radius 2 is 1.80 bits per heavy atom. The van der Waals surface area contributed by atoms with Crippen molar-refractivity contribution < 1.29 is 0 Å². The molecule has 0 fully saturated rings. The number of rotatable bonds is 5. The molecule has 1 N–H and O–H groups in total. The number of anilines is 1. The summed E-state index contributed by atoms with van der Waals surface area (Å²) in [6.45, 7) is 1.65. The molecule has 3 nitrogen and oxygen atoms in total. The Labute approximate surface area is 120 Å². The molecule has 102 valence electrons. The fraction of sp³-hybridized carbons (Fsp3) is 0.235. The first-order chi connectivity index (χ1) is 9.67. The van der Waals surface area contributed by atoms with Gasteiger partial charge in [-0.1, -0.05) is 24.3 Å². The lowest BCUT2D eigenvalue weighted by molar-refractivity contribution is 0.402. The lowest BCUT2D eigenvalue weighted by Gasteiger charge is -2.12. The van der Waals surface area contributed by atoms with Gasteiger partial charge in [0, 0.05) is 18.8 Å². The highest BCUT2D eigenvalue weighted by Crippen LogP contribution is 2.13. The molecular formula is C17H19N3. The SMILES string of the molecule is CN(C)Cc1cccc(NCc2cccc(C#N)c2)c1. The van der Waals surface area contributed by atoms with Crippen molar-refractivity contribution in [3.05, 3.63) is 65.2 Å². The van der Waals surface area contributed by atoms with Crippen LogP contribution in [0.2, 0.25) is 0 Å². The summed E-state index contributed by atoms with van der Waals surface area (Å²) >= 11 is 0. The zero-order valence-corrected chi connectivity index (χ0v) is 11.9. The van der Waals surface area contributed by atoms with Crippen LogP contribution in [0.3, 0.4) is 0 Å². The molecule has 0 aliphatic rings. The third-order valence-corrected chi connectivity index (χ3v) is 2.98. The molecule has 3 heteroatoms. The van der Waals surface area contributed by atoms with Gasteiger partial charge < -0.3 is 10.2 Å². The summed E-state index contributed by atoms with van der Waals surface area (Å²) < 4.78 is 0. The highest BCUT2D eigenvalue weighted by atomic mass is 15.0. The van der Waals surface area contributed by atoms with Crippen molar-refractivity contribution in [2.24, 2.45) is 0 Å². The van der Waals surface area contributed by atoms with E-state index in [1.54, 1.807) is 0 Å². The van der Waals surface area contributed by atoms with E-state index in [9.17, 15) is 0 Å². The molecule has 20 heavy (non-hydrogen) atoms. The normalized spacial score (nSPS) is 10.3. The zero-order chi connectivity index (χ0) is 14.4. The van der Waals surface area contributed by atoms with Crippen LogP contribution in [0.15, 0.2) is 48.5 Å². The molecule has 2 aromatic carbocycles. The highest BCUT2D eigenvalue weighted by Gasteiger charge is 1.99. The summed E-state index contributed by atoms with van der Waals surface area (Å²) in [4.78, 5) is 2.15. The Hall–Kier alpha value is -2.31. The van der Waals surface area contributed by atoms with Crippen LogP contribution in [0.25, 0.3) is 0 Å². The Kier molecular flexibility index (Phi) is 4.75. The van der Waals surface area contributed by atoms with Gasteiger partial charge in [-0.2, -0.15) is 5.26 Å². The van der Waals surface area contributed by atoms with Crippen LogP contribution in [-0.4, -0.2) is 19.0 Å². The second-order valence-corrected chi connectivity index (χ2v) is 5.10. The fourth-order valence-electron chi connectivity index (χ4n) is 2.10. The van der Waals surface area contributed by atoms with Gasteiger partial charge in [-0.25, -0.2) is 0 Å². The molecular weight excluding hydrogens is 246 g/mol. The van der Waals surface area contributed by atoms with Crippen LogP contribution >= 0.6 is 0 Å². The summed E-state index contributed by atoms with van der Waals surface area (Å²) in [5.74, 6) is 0. The van der Waals surface area contributed by atoms with E-state index in [0.717, 1.165) is 24.3 Å². The Morgan fingerprint density at radius 3 is 2.55 bits per heavy atom. The number of hydrogen-bond acceptors (Lipinski definition) is 3. The number of nitrogens with one attached hydrogen (secondary N) is 1. The lowest BCUT2D eigenvalue weighted by atomic mass is 10.1. The van der Waals surface area contributed by atoms with Gasteiger partial charge in [0.1, 0.15) is 0 Å². The Balaban J connectivity index is 2.01. The molecule has 0 unspecified atom stereocenters. The number of nitrogens with zero attached hydrogens (tertiary/aromatic N) is 2. The predicted octanol–water partition coefficient (Wildman–Crippen LogP) is 3.23. The van der Waals surface area contributed by atoms with Gasteiger partial charge in [0.25, 0.3) is 0 Å². The van der Waals surface area contributed by atoms with E-state index in [1.807, 2.05) is 24.3 Å². The minimum Gasteiger partial charge on any atom is -0.381 e. The molecule has 0 aromatic heterocycles. The second kappa shape index (κ2) is 6.74. The van der Waals surface area contributed by atoms with Crippen molar-refractivity contribution in [3.63, 3.8) is 0 Å². The summed E-state index contributed by atoms with van der Waals surface area (Å²) in [5, 5.41) is 12.3. The Bertz CT molecular complexity index is 612. The zero-order valence-electron chi connectivity index (χ0n) is 11.9. The van der Waals surface area contributed by atoms with E-state index < -0.39 is 0 Å². The van der Waals surface area contributed by atoms with E-state index in [0.29, 0.717) is 5.56 Å². The molecule has 0 bridgehead atoms. The molecule has 0 spiro atoms. The number of hydrogen-bond donors (Lipinski definition) is 1. The maximum Gasteiger partial charge on any atom is 0.0991 e. The first-order valence-corrected chi connectivity index (χ1v) is 6.64. The molecule has 0 aliphatic heterocycles. The summed E-state index contributed by atoms with van der Waals surface area (Å²) in [6, 6.07) is 18.2. The molecule has 0 radical (unpaired) electrons. The molecule has 2 aromatic rings. The maximum absolute atomic E-state index is 8.89. The predicted molar refractivity (Wildman–Crippen MR) is 82.3 cm³/mol. The molecule has 0 heterocycles. The van der Waals surface area contributed by atoms with Gasteiger partial charge in [0.15, 0.2) is 0 Å². The maximum atomic E-state index is 8.89. The molecule has 0 amide bonds. The van der Waals surface area contributed by atoms with E-state index in [-0.39, 0.29) is 0 Å². The van der Waals surface area contributed by atoms with Gasteiger partial charge in [-0.15, -0.1) is 0 Å². The van der Waals surface area contributed by atoms with E-state index in [1.165, 1.54) is 5.56 Å². The lowest BCUT2D eigenvalue weighted by Crippen LogP contribution is -2.10. The molecule has 0 atom stereocenters. The third kappa shape index (κ3) is 4.11. The van der Waals surface area contributed by atoms with Crippen LogP contribution in [0.1, 0.15) is 16.7 Å². The second-order valence-electron chi connectivity index (χ2n) is 5.10. The van der Waals surface area contributed by atoms with Gasteiger partial charge in [-0.3, -0.25) is 0 Å². The average molecular weight is 265 g/mol. The molecule has 0 aliphatic carbocycles. The van der Waals surface area contributed by atoms with Crippen LogP contribution in [0.5, 0.6) is 0 Å². The molecule has 2 rings (SSSR count). The van der Waals surface area contributed by atoms with E-state index in [2.05, 4.69) is 54.6 Å². The number of benzene rings is 2. The van der Waals surface area contributed by atoms with Crippen molar-refractivity contribution >= 4 is 5.69 Å². The van der Waals surface area contributed by atoms with Crippen molar-refractivity contribution in [3.8, 4) is 6.07 Å². The van der Waals surface area contributed by atoms with Crippen LogP contribution in [-0.2, 0) is 13.1 Å². The highest BCUT2D eigenvalue weighted by molar-refractivity contribution is 5.46. The Morgan fingerprint density at radius 1 is 1.05 bits per heavy atom. The molecule has 0 saturated heterocycles. The van der Waals surface area contributed by atoms with Gasteiger partial charge in [0.05, 0.1) is 11.6 Å². The van der Waals surface area contributed by atoms with Crippen molar-refractivity contribution in [2.45, 2.75) is 13.1 Å². The monoisotopic (exact) mass is 265 g/mol. The first kappa shape index (κ1) is 14.1. The molecule has 0 saturated carbocycles. The van der Waals surface area contributed by atoms with E-state index >= 15 is 0 Å². The quantitative estimate of drug-likeness (QED) is 0.902. The van der Waals surface area contributed by atoms with Gasteiger partial charge >= 0.3 is 0 Å².